The lowest BCUT2D eigenvalue weighted by molar-refractivity contribution is 0.241. The zero-order chi connectivity index (χ0) is 14.4. The van der Waals surface area contributed by atoms with E-state index in [1.807, 2.05) is 54.6 Å². The van der Waals surface area contributed by atoms with Crippen molar-refractivity contribution in [2.24, 2.45) is 0 Å². The number of hydrogen-bond donors (Lipinski definition) is 0. The van der Waals surface area contributed by atoms with Gasteiger partial charge >= 0.3 is 0 Å². The van der Waals surface area contributed by atoms with E-state index in [4.69, 9.17) is 4.74 Å². The van der Waals surface area contributed by atoms with Gasteiger partial charge in [-0.1, -0.05) is 42.1 Å². The van der Waals surface area contributed by atoms with E-state index in [0.29, 0.717) is 5.75 Å². The van der Waals surface area contributed by atoms with Gasteiger partial charge in [-0.3, -0.25) is 4.79 Å². The van der Waals surface area contributed by atoms with Gasteiger partial charge in [0.25, 0.3) is 5.24 Å². The Bertz CT molecular complexity index is 552. The third kappa shape index (κ3) is 4.31. The van der Waals surface area contributed by atoms with Crippen molar-refractivity contribution in [1.82, 2.24) is 4.90 Å². The molecule has 0 radical (unpaired) electrons. The molecule has 104 valence electrons. The van der Waals surface area contributed by atoms with E-state index in [1.54, 1.807) is 19.0 Å². The SMILES string of the molecule is CN(C)C(=O)SCc1ccc(Oc2ccccc2)cc1. The third-order valence-corrected chi connectivity index (χ3v) is 3.72. The molecule has 0 aliphatic heterocycles. The largest absolute Gasteiger partial charge is 0.457 e. The molecule has 0 spiro atoms. The zero-order valence-electron chi connectivity index (χ0n) is 11.6. The van der Waals surface area contributed by atoms with Crippen molar-refractivity contribution in [1.29, 1.82) is 0 Å². The minimum Gasteiger partial charge on any atom is -0.457 e. The summed E-state index contributed by atoms with van der Waals surface area (Å²) in [6.07, 6.45) is 0. The fraction of sp³-hybridized carbons (Fsp3) is 0.188. The number of para-hydroxylation sites is 1. The molecule has 0 heterocycles. The number of thioether (sulfide) groups is 1. The molecule has 3 nitrogen and oxygen atoms in total. The van der Waals surface area contributed by atoms with Crippen molar-refractivity contribution in [3.8, 4) is 11.5 Å². The summed E-state index contributed by atoms with van der Waals surface area (Å²) in [6, 6.07) is 17.5. The third-order valence-electron chi connectivity index (χ3n) is 2.63. The maximum absolute atomic E-state index is 11.5. The fourth-order valence-electron chi connectivity index (χ4n) is 1.55. The molecule has 0 aliphatic rings. The molecule has 0 saturated carbocycles. The summed E-state index contributed by atoms with van der Waals surface area (Å²) in [6.45, 7) is 0. The molecule has 20 heavy (non-hydrogen) atoms. The van der Waals surface area contributed by atoms with Gasteiger partial charge in [0.1, 0.15) is 11.5 Å². The fourth-order valence-corrected chi connectivity index (χ4v) is 2.29. The molecule has 0 bridgehead atoms. The normalized spacial score (nSPS) is 10.1. The van der Waals surface area contributed by atoms with E-state index in [-0.39, 0.29) is 5.24 Å². The average Bonchev–Trinajstić information content (AvgIpc) is 2.47. The number of nitrogens with zero attached hydrogens (tertiary/aromatic N) is 1. The van der Waals surface area contributed by atoms with Crippen LogP contribution < -0.4 is 4.74 Å². The monoisotopic (exact) mass is 287 g/mol. The van der Waals surface area contributed by atoms with Gasteiger partial charge in [-0.15, -0.1) is 0 Å². The Kier molecular flexibility index (Phi) is 5.07. The highest BCUT2D eigenvalue weighted by molar-refractivity contribution is 8.12. The van der Waals surface area contributed by atoms with E-state index < -0.39 is 0 Å². The second kappa shape index (κ2) is 7.01. The highest BCUT2D eigenvalue weighted by atomic mass is 32.2. The van der Waals surface area contributed by atoms with Crippen LogP contribution in [0, 0.1) is 0 Å². The van der Waals surface area contributed by atoms with Crippen LogP contribution in [0.1, 0.15) is 5.56 Å². The quantitative estimate of drug-likeness (QED) is 0.835. The number of amides is 1. The molecule has 2 aromatic carbocycles. The molecule has 0 fully saturated rings. The summed E-state index contributed by atoms with van der Waals surface area (Å²) in [5.41, 5.74) is 1.10. The Morgan fingerprint density at radius 1 is 1.00 bits per heavy atom. The zero-order valence-corrected chi connectivity index (χ0v) is 12.4. The van der Waals surface area contributed by atoms with Gasteiger partial charge in [-0.05, 0) is 29.8 Å². The van der Waals surface area contributed by atoms with E-state index in [1.165, 1.54) is 11.8 Å². The minimum absolute atomic E-state index is 0.0645. The summed E-state index contributed by atoms with van der Waals surface area (Å²) in [4.78, 5) is 13.1. The number of carbonyl (C=O) groups is 1. The Morgan fingerprint density at radius 3 is 2.20 bits per heavy atom. The predicted octanol–water partition coefficient (Wildman–Crippen LogP) is 4.39. The molecule has 0 unspecified atom stereocenters. The lowest BCUT2D eigenvalue weighted by Crippen LogP contribution is -2.16. The molecular weight excluding hydrogens is 270 g/mol. The highest BCUT2D eigenvalue weighted by Crippen LogP contribution is 2.23. The van der Waals surface area contributed by atoms with Crippen LogP contribution in [0.15, 0.2) is 54.6 Å². The lowest BCUT2D eigenvalue weighted by atomic mass is 10.2. The Hall–Kier alpha value is -1.94. The van der Waals surface area contributed by atoms with Crippen LogP contribution in [-0.4, -0.2) is 24.2 Å². The number of ether oxygens (including phenoxy) is 1. The maximum atomic E-state index is 11.5. The second-order valence-corrected chi connectivity index (χ2v) is 5.43. The molecular formula is C16H17NO2S. The van der Waals surface area contributed by atoms with E-state index >= 15 is 0 Å². The summed E-state index contributed by atoms with van der Waals surface area (Å²) in [7, 11) is 3.51. The van der Waals surface area contributed by atoms with Crippen LogP contribution >= 0.6 is 11.8 Å². The molecule has 4 heteroatoms. The molecule has 1 amide bonds. The molecule has 2 aromatic rings. The van der Waals surface area contributed by atoms with Gasteiger partial charge in [0, 0.05) is 19.8 Å². The summed E-state index contributed by atoms with van der Waals surface area (Å²) < 4.78 is 5.72. The van der Waals surface area contributed by atoms with Gasteiger partial charge in [-0.25, -0.2) is 0 Å². The molecule has 0 atom stereocenters. The first-order valence-corrected chi connectivity index (χ1v) is 7.29. The van der Waals surface area contributed by atoms with E-state index in [9.17, 15) is 4.79 Å². The first-order valence-electron chi connectivity index (χ1n) is 6.31. The summed E-state index contributed by atoms with van der Waals surface area (Å²) >= 11 is 1.29. The molecule has 0 saturated heterocycles. The van der Waals surface area contributed by atoms with Crippen LogP contribution in [0.2, 0.25) is 0 Å². The smallest absolute Gasteiger partial charge is 0.281 e. The second-order valence-electron chi connectivity index (χ2n) is 4.51. The molecule has 0 aromatic heterocycles. The van der Waals surface area contributed by atoms with E-state index in [0.717, 1.165) is 17.1 Å². The molecule has 0 N–H and O–H groups in total. The molecule has 0 aliphatic carbocycles. The van der Waals surface area contributed by atoms with E-state index in [2.05, 4.69) is 0 Å². The van der Waals surface area contributed by atoms with Crippen molar-refractivity contribution >= 4 is 17.0 Å². The van der Waals surface area contributed by atoms with Gasteiger partial charge < -0.3 is 9.64 Å². The van der Waals surface area contributed by atoms with Crippen molar-refractivity contribution in [3.05, 3.63) is 60.2 Å². The number of rotatable bonds is 4. The maximum Gasteiger partial charge on any atom is 0.281 e. The predicted molar refractivity (Wildman–Crippen MR) is 83.3 cm³/mol. The van der Waals surface area contributed by atoms with Crippen LogP contribution in [0.4, 0.5) is 4.79 Å². The van der Waals surface area contributed by atoms with Gasteiger partial charge in [-0.2, -0.15) is 0 Å². The van der Waals surface area contributed by atoms with Crippen LogP contribution in [0.5, 0.6) is 11.5 Å². The lowest BCUT2D eigenvalue weighted by Gasteiger charge is -2.09. The molecule has 2 rings (SSSR count). The highest BCUT2D eigenvalue weighted by Gasteiger charge is 2.05. The van der Waals surface area contributed by atoms with Gasteiger partial charge in [0.15, 0.2) is 0 Å². The van der Waals surface area contributed by atoms with Crippen molar-refractivity contribution < 1.29 is 9.53 Å². The standard InChI is InChI=1S/C16H17NO2S/c1-17(2)16(18)20-12-13-8-10-15(11-9-13)19-14-6-4-3-5-7-14/h3-11H,12H2,1-2H3. The Labute approximate surface area is 123 Å². The topological polar surface area (TPSA) is 29.5 Å². The van der Waals surface area contributed by atoms with Crippen LogP contribution in [0.25, 0.3) is 0 Å². The summed E-state index contributed by atoms with van der Waals surface area (Å²) in [5, 5.41) is 0.0645. The summed E-state index contributed by atoms with van der Waals surface area (Å²) in [5.74, 6) is 2.28. The minimum atomic E-state index is 0.0645. The first kappa shape index (κ1) is 14.5. The Balaban J connectivity index is 1.91. The Morgan fingerprint density at radius 2 is 1.60 bits per heavy atom. The van der Waals surface area contributed by atoms with Gasteiger partial charge in [0.2, 0.25) is 0 Å². The number of hydrogen-bond acceptors (Lipinski definition) is 3. The van der Waals surface area contributed by atoms with Gasteiger partial charge in [0.05, 0.1) is 0 Å². The number of benzene rings is 2. The van der Waals surface area contributed by atoms with Crippen LogP contribution in [-0.2, 0) is 5.75 Å². The average molecular weight is 287 g/mol. The van der Waals surface area contributed by atoms with Crippen molar-refractivity contribution in [3.63, 3.8) is 0 Å². The first-order chi connectivity index (χ1) is 9.65. The van der Waals surface area contributed by atoms with Crippen molar-refractivity contribution in [2.45, 2.75) is 5.75 Å². The number of carbonyl (C=O) groups excluding carboxylic acids is 1. The van der Waals surface area contributed by atoms with Crippen LogP contribution in [0.3, 0.4) is 0 Å². The van der Waals surface area contributed by atoms with Crippen molar-refractivity contribution in [2.75, 3.05) is 14.1 Å².